The predicted molar refractivity (Wildman–Crippen MR) is 92.6 cm³/mol. The number of carbonyl (C=O) groups is 1. The zero-order valence-corrected chi connectivity index (χ0v) is 13.9. The van der Waals surface area contributed by atoms with E-state index in [1.54, 1.807) is 23.2 Å². The zero-order valence-electron chi connectivity index (χ0n) is 13.2. The van der Waals surface area contributed by atoms with Crippen LogP contribution in [0.4, 0.5) is 0 Å². The van der Waals surface area contributed by atoms with Gasteiger partial charge in [-0.1, -0.05) is 23.7 Å². The van der Waals surface area contributed by atoms with Crippen LogP contribution in [0.5, 0.6) is 0 Å². The van der Waals surface area contributed by atoms with Gasteiger partial charge in [0.25, 0.3) is 5.91 Å². The molecule has 1 aliphatic heterocycles. The van der Waals surface area contributed by atoms with Crippen LogP contribution >= 0.6 is 11.6 Å². The minimum atomic E-state index is -0.0746. The first-order chi connectivity index (χ1) is 11.7. The molecule has 2 heterocycles. The van der Waals surface area contributed by atoms with Crippen molar-refractivity contribution >= 4 is 17.5 Å². The lowest BCUT2D eigenvalue weighted by Gasteiger charge is -2.33. The van der Waals surface area contributed by atoms with Crippen molar-refractivity contribution in [3.05, 3.63) is 53.2 Å². The van der Waals surface area contributed by atoms with Gasteiger partial charge in [-0.05, 0) is 24.3 Å². The van der Waals surface area contributed by atoms with Crippen molar-refractivity contribution in [2.45, 2.75) is 0 Å². The fourth-order valence-electron chi connectivity index (χ4n) is 2.76. The summed E-state index contributed by atoms with van der Waals surface area (Å²) in [4.78, 5) is 20.9. The van der Waals surface area contributed by atoms with Crippen LogP contribution in [-0.2, 0) is 0 Å². The summed E-state index contributed by atoms with van der Waals surface area (Å²) in [7, 11) is 0. The van der Waals surface area contributed by atoms with E-state index in [0.29, 0.717) is 43.3 Å². The van der Waals surface area contributed by atoms with Gasteiger partial charge in [0.2, 0.25) is 0 Å². The molecule has 1 fully saturated rings. The first-order valence-electron chi connectivity index (χ1n) is 7.78. The Labute approximate surface area is 146 Å². The van der Waals surface area contributed by atoms with Crippen LogP contribution in [0.1, 0.15) is 10.4 Å². The highest BCUT2D eigenvalue weighted by Gasteiger charge is 2.23. The van der Waals surface area contributed by atoms with Gasteiger partial charge in [-0.15, -0.1) is 0 Å². The van der Waals surface area contributed by atoms with Gasteiger partial charge < -0.3 is 4.90 Å². The van der Waals surface area contributed by atoms with Crippen LogP contribution in [0, 0.1) is 11.3 Å². The largest absolute Gasteiger partial charge is 0.336 e. The number of benzene rings is 1. The fraction of sp³-hybridized carbons (Fsp3) is 0.278. The molecule has 1 aromatic heterocycles. The molecule has 0 aliphatic carbocycles. The summed E-state index contributed by atoms with van der Waals surface area (Å²) in [6.45, 7) is 3.01. The first kappa shape index (κ1) is 16.4. The van der Waals surface area contributed by atoms with E-state index in [2.05, 4.69) is 11.1 Å². The third-order valence-corrected chi connectivity index (χ3v) is 4.44. The normalized spacial score (nSPS) is 15.1. The molecule has 1 aromatic carbocycles. The lowest BCUT2D eigenvalue weighted by molar-refractivity contribution is 0.0652. The van der Waals surface area contributed by atoms with E-state index in [1.165, 1.54) is 0 Å². The van der Waals surface area contributed by atoms with Gasteiger partial charge in [0.15, 0.2) is 0 Å². The molecule has 2 aromatic rings. The molecule has 1 amide bonds. The van der Waals surface area contributed by atoms with E-state index in [0.717, 1.165) is 11.3 Å². The van der Waals surface area contributed by atoms with E-state index >= 15 is 0 Å². The van der Waals surface area contributed by atoms with E-state index < -0.39 is 0 Å². The molecule has 24 heavy (non-hydrogen) atoms. The molecule has 0 atom stereocenters. The molecule has 0 spiro atoms. The van der Waals surface area contributed by atoms with Gasteiger partial charge in [0.05, 0.1) is 28.9 Å². The molecule has 122 valence electrons. The van der Waals surface area contributed by atoms with E-state index in [9.17, 15) is 4.79 Å². The molecule has 0 N–H and O–H groups in total. The number of hydrogen-bond acceptors (Lipinski definition) is 4. The Bertz CT molecular complexity index is 764. The second-order valence-electron chi connectivity index (χ2n) is 5.64. The molecule has 1 aliphatic rings. The maximum atomic E-state index is 12.8. The van der Waals surface area contributed by atoms with E-state index in [4.69, 9.17) is 16.9 Å². The smallest absolute Gasteiger partial charge is 0.255 e. The Balaban J connectivity index is 1.79. The number of aromatic nitrogens is 1. The van der Waals surface area contributed by atoms with E-state index in [-0.39, 0.29) is 5.91 Å². The van der Waals surface area contributed by atoms with Crippen LogP contribution in [0.25, 0.3) is 11.3 Å². The molecule has 1 saturated heterocycles. The summed E-state index contributed by atoms with van der Waals surface area (Å²) in [6, 6.07) is 13.2. The Kier molecular flexibility index (Phi) is 5.09. The summed E-state index contributed by atoms with van der Waals surface area (Å²) in [5.41, 5.74) is 2.17. The van der Waals surface area contributed by atoms with Crippen molar-refractivity contribution < 1.29 is 4.79 Å². The highest BCUT2D eigenvalue weighted by molar-refractivity contribution is 6.34. The third kappa shape index (κ3) is 3.56. The summed E-state index contributed by atoms with van der Waals surface area (Å²) in [6.07, 6.45) is 1.72. The number of pyridine rings is 1. The summed E-state index contributed by atoms with van der Waals surface area (Å²) in [5.74, 6) is -0.0746. The average Bonchev–Trinajstić information content (AvgIpc) is 2.63. The topological polar surface area (TPSA) is 60.2 Å². The van der Waals surface area contributed by atoms with Crippen LogP contribution in [0.15, 0.2) is 42.6 Å². The van der Waals surface area contributed by atoms with Crippen molar-refractivity contribution in [3.63, 3.8) is 0 Å². The second kappa shape index (κ2) is 7.43. The summed E-state index contributed by atoms with van der Waals surface area (Å²) in [5, 5.41) is 9.19. The number of nitrogens with zero attached hydrogens (tertiary/aromatic N) is 4. The third-order valence-electron chi connectivity index (χ3n) is 4.11. The number of nitriles is 1. The first-order valence-corrected chi connectivity index (χ1v) is 8.16. The Hall–Kier alpha value is -2.42. The average molecular weight is 341 g/mol. The van der Waals surface area contributed by atoms with Crippen molar-refractivity contribution in [1.29, 1.82) is 5.26 Å². The van der Waals surface area contributed by atoms with Crippen LogP contribution in [-0.4, -0.2) is 53.4 Å². The van der Waals surface area contributed by atoms with Gasteiger partial charge >= 0.3 is 0 Å². The number of halogens is 1. The minimum absolute atomic E-state index is 0.0746. The van der Waals surface area contributed by atoms with Gasteiger partial charge in [0.1, 0.15) is 0 Å². The molecule has 0 saturated carbocycles. The van der Waals surface area contributed by atoms with Gasteiger partial charge in [-0.2, -0.15) is 5.26 Å². The molecule has 6 heteroatoms. The maximum Gasteiger partial charge on any atom is 0.255 e. The molecule has 0 unspecified atom stereocenters. The highest BCUT2D eigenvalue weighted by atomic mass is 35.5. The maximum absolute atomic E-state index is 12.8. The highest BCUT2D eigenvalue weighted by Crippen LogP contribution is 2.25. The standard InChI is InChI=1S/C18H17ClN4O/c19-16-5-4-14(17-3-1-2-7-21-17)13-15(16)18(24)23-11-9-22(8-6-20)10-12-23/h1-5,7,13H,8-12H2. The number of hydrogen-bond donors (Lipinski definition) is 0. The quantitative estimate of drug-likeness (QED) is 0.806. The second-order valence-corrected chi connectivity index (χ2v) is 6.04. The Morgan fingerprint density at radius 3 is 2.67 bits per heavy atom. The summed E-state index contributed by atoms with van der Waals surface area (Å²) < 4.78 is 0. The van der Waals surface area contributed by atoms with Gasteiger partial charge in [-0.3, -0.25) is 14.7 Å². The van der Waals surface area contributed by atoms with E-state index in [1.807, 2.05) is 29.2 Å². The number of amides is 1. The minimum Gasteiger partial charge on any atom is -0.336 e. The molecular formula is C18H17ClN4O. The number of piperazine rings is 1. The fourth-order valence-corrected chi connectivity index (χ4v) is 2.96. The number of rotatable bonds is 3. The molecule has 5 nitrogen and oxygen atoms in total. The van der Waals surface area contributed by atoms with Crippen LogP contribution in [0.3, 0.4) is 0 Å². The molecular weight excluding hydrogens is 324 g/mol. The number of carbonyl (C=O) groups excluding carboxylic acids is 1. The predicted octanol–water partition coefficient (Wildman–Crippen LogP) is 2.68. The van der Waals surface area contributed by atoms with Gasteiger partial charge in [0, 0.05) is 37.9 Å². The molecule has 0 radical (unpaired) electrons. The monoisotopic (exact) mass is 340 g/mol. The Morgan fingerprint density at radius 1 is 1.21 bits per heavy atom. The zero-order chi connectivity index (χ0) is 16.9. The summed E-state index contributed by atoms with van der Waals surface area (Å²) >= 11 is 6.25. The molecule has 3 rings (SSSR count). The van der Waals surface area contributed by atoms with Crippen LogP contribution in [0.2, 0.25) is 5.02 Å². The lowest BCUT2D eigenvalue weighted by atomic mass is 10.1. The van der Waals surface area contributed by atoms with Crippen LogP contribution < -0.4 is 0 Å². The van der Waals surface area contributed by atoms with Crippen molar-refractivity contribution in [3.8, 4) is 17.3 Å². The van der Waals surface area contributed by atoms with Crippen molar-refractivity contribution in [1.82, 2.24) is 14.8 Å². The Morgan fingerprint density at radius 2 is 2.00 bits per heavy atom. The van der Waals surface area contributed by atoms with Crippen molar-refractivity contribution in [2.24, 2.45) is 0 Å². The molecule has 0 bridgehead atoms. The van der Waals surface area contributed by atoms with Crippen molar-refractivity contribution in [2.75, 3.05) is 32.7 Å². The SMILES string of the molecule is N#CCN1CCN(C(=O)c2cc(-c3ccccn3)ccc2Cl)CC1. The lowest BCUT2D eigenvalue weighted by Crippen LogP contribution is -2.48. The van der Waals surface area contributed by atoms with Gasteiger partial charge in [-0.25, -0.2) is 0 Å².